The van der Waals surface area contributed by atoms with Crippen molar-refractivity contribution in [1.29, 1.82) is 0 Å². The molecule has 2 heterocycles. The van der Waals surface area contributed by atoms with Gasteiger partial charge in [-0.2, -0.15) is 0 Å². The minimum atomic E-state index is -2.14. The number of benzene rings is 2. The molecule has 1 aromatic heterocycles. The first-order valence-corrected chi connectivity index (χ1v) is 16.5. The van der Waals surface area contributed by atoms with Crippen LogP contribution in [-0.2, 0) is 9.16 Å². The lowest BCUT2D eigenvalue weighted by atomic mass is 9.92. The smallest absolute Gasteiger partial charge is 0.261 e. The number of amides is 1. The standard InChI is InChI=1S/C30H40FN3O5Si/c1-17-18(2)26-22(14-21(17)27(35)19-9-10-20(23(31)13-19)28(36)32-6)29(37)34(16-33-26)24-11-12-38-15-25(24)39-40(7,8)30(3,4)5/h9-10,13-14,16,24-25,27,35H,11-12,15H2,1-8H3,(H,32,36)/t24-,25-,27?/m0/s1. The molecule has 1 unspecified atom stereocenters. The van der Waals surface area contributed by atoms with Crippen molar-refractivity contribution in [1.82, 2.24) is 14.9 Å². The van der Waals surface area contributed by atoms with E-state index < -0.39 is 26.1 Å². The van der Waals surface area contributed by atoms with Crippen LogP contribution in [0.25, 0.3) is 10.9 Å². The summed E-state index contributed by atoms with van der Waals surface area (Å²) in [7, 11) is -0.714. The van der Waals surface area contributed by atoms with E-state index in [4.69, 9.17) is 9.16 Å². The zero-order chi connectivity index (χ0) is 29.6. The molecular formula is C30H40FN3O5Si. The van der Waals surface area contributed by atoms with Crippen LogP contribution in [0.1, 0.15) is 71.9 Å². The Morgan fingerprint density at radius 1 is 1.25 bits per heavy atom. The molecule has 1 fully saturated rings. The van der Waals surface area contributed by atoms with Crippen molar-refractivity contribution in [3.63, 3.8) is 0 Å². The van der Waals surface area contributed by atoms with E-state index in [9.17, 15) is 19.1 Å². The normalized spacial score (nSPS) is 19.1. The van der Waals surface area contributed by atoms with Gasteiger partial charge in [-0.25, -0.2) is 9.37 Å². The average Bonchev–Trinajstić information content (AvgIpc) is 2.90. The zero-order valence-electron chi connectivity index (χ0n) is 24.6. The van der Waals surface area contributed by atoms with E-state index in [0.29, 0.717) is 36.1 Å². The molecule has 1 amide bonds. The van der Waals surface area contributed by atoms with Gasteiger partial charge in [-0.1, -0.05) is 26.8 Å². The van der Waals surface area contributed by atoms with Gasteiger partial charge in [0.2, 0.25) is 0 Å². The van der Waals surface area contributed by atoms with Crippen molar-refractivity contribution in [2.75, 3.05) is 20.3 Å². The van der Waals surface area contributed by atoms with Gasteiger partial charge in [0.25, 0.3) is 11.5 Å². The molecule has 10 heteroatoms. The highest BCUT2D eigenvalue weighted by Gasteiger charge is 2.42. The number of hydrogen-bond donors (Lipinski definition) is 2. The van der Waals surface area contributed by atoms with Crippen LogP contribution in [0.3, 0.4) is 0 Å². The number of carbonyl (C=O) groups excluding carboxylic acids is 1. The molecule has 1 aliphatic heterocycles. The Labute approximate surface area is 235 Å². The predicted octanol–water partition coefficient (Wildman–Crippen LogP) is 4.95. The largest absolute Gasteiger partial charge is 0.409 e. The molecule has 0 spiro atoms. The van der Waals surface area contributed by atoms with Crippen molar-refractivity contribution < 1.29 is 23.5 Å². The first-order valence-electron chi connectivity index (χ1n) is 13.6. The number of ether oxygens (including phenoxy) is 1. The summed E-state index contributed by atoms with van der Waals surface area (Å²) in [6.07, 6.45) is 0.717. The topological polar surface area (TPSA) is 103 Å². The number of fused-ring (bicyclic) bond motifs is 1. The van der Waals surface area contributed by atoms with E-state index in [2.05, 4.69) is 44.2 Å². The second kappa shape index (κ2) is 11.2. The second-order valence-electron chi connectivity index (χ2n) is 12.1. The van der Waals surface area contributed by atoms with Crippen molar-refractivity contribution in [2.24, 2.45) is 0 Å². The number of nitrogens with zero attached hydrogens (tertiary/aromatic N) is 2. The lowest BCUT2D eigenvalue weighted by molar-refractivity contribution is -0.0327. The lowest BCUT2D eigenvalue weighted by Crippen LogP contribution is -2.50. The van der Waals surface area contributed by atoms with Gasteiger partial charge in [0.1, 0.15) is 11.9 Å². The Morgan fingerprint density at radius 2 is 1.95 bits per heavy atom. The fourth-order valence-electron chi connectivity index (χ4n) is 4.98. The molecule has 4 rings (SSSR count). The first kappa shape index (κ1) is 30.0. The molecular weight excluding hydrogens is 529 g/mol. The Balaban J connectivity index is 1.78. The molecule has 0 bridgehead atoms. The Bertz CT molecular complexity index is 1500. The third kappa shape index (κ3) is 5.50. The molecule has 2 N–H and O–H groups in total. The number of carbonyl (C=O) groups is 1. The highest BCUT2D eigenvalue weighted by molar-refractivity contribution is 6.74. The number of aromatic nitrogens is 2. The summed E-state index contributed by atoms with van der Waals surface area (Å²) in [5.74, 6) is -1.28. The minimum Gasteiger partial charge on any atom is -0.409 e. The Hall–Kier alpha value is -2.92. The second-order valence-corrected chi connectivity index (χ2v) is 16.9. The van der Waals surface area contributed by atoms with Crippen molar-refractivity contribution >= 4 is 25.1 Å². The minimum absolute atomic E-state index is 0.000706. The summed E-state index contributed by atoms with van der Waals surface area (Å²) < 4.78 is 28.8. The molecule has 1 saturated heterocycles. The van der Waals surface area contributed by atoms with Gasteiger partial charge in [-0.05, 0) is 78.9 Å². The lowest BCUT2D eigenvalue weighted by Gasteiger charge is -2.43. The maximum absolute atomic E-state index is 14.7. The highest BCUT2D eigenvalue weighted by Crippen LogP contribution is 2.39. The van der Waals surface area contributed by atoms with Gasteiger partial charge >= 0.3 is 0 Å². The number of hydrogen-bond acceptors (Lipinski definition) is 6. The number of nitrogens with one attached hydrogen (secondary N) is 1. The maximum atomic E-state index is 14.7. The van der Waals surface area contributed by atoms with Gasteiger partial charge in [-0.15, -0.1) is 0 Å². The van der Waals surface area contributed by atoms with Gasteiger partial charge in [0.05, 0.1) is 41.5 Å². The summed E-state index contributed by atoms with van der Waals surface area (Å²) >= 11 is 0. The molecule has 3 aromatic rings. The van der Waals surface area contributed by atoms with Crippen LogP contribution < -0.4 is 10.9 Å². The molecule has 0 saturated carbocycles. The number of aliphatic hydroxyl groups is 1. The predicted molar refractivity (Wildman–Crippen MR) is 156 cm³/mol. The summed E-state index contributed by atoms with van der Waals surface area (Å²) in [6, 6.07) is 5.43. The number of rotatable bonds is 6. The van der Waals surface area contributed by atoms with Gasteiger partial charge in [0.15, 0.2) is 8.32 Å². The van der Waals surface area contributed by atoms with E-state index >= 15 is 0 Å². The molecule has 1 aliphatic rings. The summed E-state index contributed by atoms with van der Waals surface area (Å²) in [4.78, 5) is 30.6. The Morgan fingerprint density at radius 3 is 2.58 bits per heavy atom. The average molecular weight is 570 g/mol. The molecule has 8 nitrogen and oxygen atoms in total. The van der Waals surface area contributed by atoms with Crippen molar-refractivity contribution in [3.8, 4) is 0 Å². The van der Waals surface area contributed by atoms with Crippen LogP contribution in [0.4, 0.5) is 4.39 Å². The van der Waals surface area contributed by atoms with Crippen LogP contribution >= 0.6 is 0 Å². The SMILES string of the molecule is CNC(=O)c1ccc(C(O)c2cc3c(=O)n([C@H]4CCOC[C@@H]4O[Si](C)(C)C(C)(C)C)cnc3c(C)c2C)cc1F. The van der Waals surface area contributed by atoms with E-state index in [1.807, 2.05) is 13.8 Å². The number of aliphatic hydroxyl groups excluding tert-OH is 1. The highest BCUT2D eigenvalue weighted by atomic mass is 28.4. The molecule has 40 heavy (non-hydrogen) atoms. The van der Waals surface area contributed by atoms with Gasteiger partial charge in [0, 0.05) is 13.7 Å². The zero-order valence-corrected chi connectivity index (χ0v) is 25.6. The van der Waals surface area contributed by atoms with Crippen molar-refractivity contribution in [2.45, 2.75) is 77.4 Å². The monoisotopic (exact) mass is 569 g/mol. The van der Waals surface area contributed by atoms with E-state index in [1.54, 1.807) is 17.0 Å². The van der Waals surface area contributed by atoms with Crippen LogP contribution in [-0.4, -0.2) is 55.2 Å². The number of halogens is 1. The van der Waals surface area contributed by atoms with Gasteiger partial charge in [-0.3, -0.25) is 14.2 Å². The molecule has 0 aliphatic carbocycles. The molecule has 0 radical (unpaired) electrons. The summed E-state index contributed by atoms with van der Waals surface area (Å²) in [5.41, 5.74) is 2.51. The van der Waals surface area contributed by atoms with Crippen LogP contribution in [0.5, 0.6) is 0 Å². The third-order valence-corrected chi connectivity index (χ3v) is 13.1. The van der Waals surface area contributed by atoms with Crippen LogP contribution in [0.15, 0.2) is 35.4 Å². The van der Waals surface area contributed by atoms with Crippen LogP contribution in [0, 0.1) is 19.7 Å². The maximum Gasteiger partial charge on any atom is 0.261 e. The van der Waals surface area contributed by atoms with Gasteiger partial charge < -0.3 is 19.6 Å². The third-order valence-electron chi connectivity index (χ3n) is 8.64. The van der Waals surface area contributed by atoms with E-state index in [0.717, 1.165) is 17.2 Å². The van der Waals surface area contributed by atoms with Crippen molar-refractivity contribution in [3.05, 3.63) is 74.6 Å². The fraction of sp³-hybridized carbons (Fsp3) is 0.500. The fourth-order valence-corrected chi connectivity index (χ4v) is 6.31. The Kier molecular flexibility index (Phi) is 8.38. The van der Waals surface area contributed by atoms with E-state index in [1.165, 1.54) is 19.2 Å². The summed E-state index contributed by atoms with van der Waals surface area (Å²) in [6.45, 7) is 15.5. The van der Waals surface area contributed by atoms with E-state index in [-0.39, 0.29) is 33.9 Å². The molecule has 3 atom stereocenters. The molecule has 2 aromatic carbocycles. The van der Waals surface area contributed by atoms with Crippen LogP contribution in [0.2, 0.25) is 18.1 Å². The summed E-state index contributed by atoms with van der Waals surface area (Å²) in [5, 5.41) is 14.1. The molecule has 216 valence electrons. The first-order chi connectivity index (χ1) is 18.7. The quantitative estimate of drug-likeness (QED) is 0.408. The number of aryl methyl sites for hydroxylation is 1.